The summed E-state index contributed by atoms with van der Waals surface area (Å²) in [6.45, 7) is 0. The van der Waals surface area contributed by atoms with Gasteiger partial charge in [0, 0.05) is 15.1 Å². The van der Waals surface area contributed by atoms with Crippen LogP contribution in [0.1, 0.15) is 15.9 Å². The van der Waals surface area contributed by atoms with Gasteiger partial charge in [-0.05, 0) is 42.5 Å². The Morgan fingerprint density at radius 3 is 2.35 bits per heavy atom. The highest BCUT2D eigenvalue weighted by Gasteiger charge is 2.16. The number of nitrogens with two attached hydrogens (primary N) is 1. The molecule has 0 aliphatic heterocycles. The number of benzene rings is 2. The second-order valence-electron chi connectivity index (χ2n) is 3.90. The highest BCUT2D eigenvalue weighted by molar-refractivity contribution is 9.10. The normalized spacial score (nSPS) is 10.1. The van der Waals surface area contributed by atoms with E-state index in [1.807, 2.05) is 0 Å². The van der Waals surface area contributed by atoms with Crippen LogP contribution in [0.25, 0.3) is 0 Å². The third-order valence-electron chi connectivity index (χ3n) is 2.50. The second-order valence-corrected chi connectivity index (χ2v) is 5.25. The van der Waals surface area contributed by atoms with Crippen LogP contribution in [0.4, 0.5) is 4.79 Å². The molecule has 102 valence electrons. The molecular formula is C14H9BrClNO3. The first kappa shape index (κ1) is 14.6. The van der Waals surface area contributed by atoms with E-state index in [0.29, 0.717) is 10.6 Å². The summed E-state index contributed by atoms with van der Waals surface area (Å²) < 4.78 is 5.67. The Bertz CT molecular complexity index is 671. The van der Waals surface area contributed by atoms with Gasteiger partial charge in [0.15, 0.2) is 5.78 Å². The summed E-state index contributed by atoms with van der Waals surface area (Å²) in [5.74, 6) is -0.230. The summed E-state index contributed by atoms with van der Waals surface area (Å²) in [5.41, 5.74) is 5.61. The van der Waals surface area contributed by atoms with Crippen LogP contribution >= 0.6 is 27.5 Å². The van der Waals surface area contributed by atoms with Crippen LogP contribution in [-0.4, -0.2) is 11.9 Å². The van der Waals surface area contributed by atoms with Crippen LogP contribution < -0.4 is 10.5 Å². The van der Waals surface area contributed by atoms with Crippen molar-refractivity contribution < 1.29 is 14.3 Å². The molecule has 20 heavy (non-hydrogen) atoms. The third-order valence-corrected chi connectivity index (χ3v) is 3.27. The van der Waals surface area contributed by atoms with Gasteiger partial charge < -0.3 is 10.5 Å². The first-order chi connectivity index (χ1) is 9.47. The SMILES string of the molecule is NC(=O)Oc1ccc(Cl)cc1C(=O)c1ccc(Br)cc1. The zero-order chi connectivity index (χ0) is 14.7. The zero-order valence-corrected chi connectivity index (χ0v) is 12.4. The molecule has 2 N–H and O–H groups in total. The molecule has 0 saturated carbocycles. The fourth-order valence-corrected chi connectivity index (χ4v) is 2.07. The molecule has 0 aliphatic carbocycles. The zero-order valence-electron chi connectivity index (χ0n) is 10.1. The molecule has 2 rings (SSSR count). The molecule has 0 aliphatic rings. The van der Waals surface area contributed by atoms with Gasteiger partial charge in [0.25, 0.3) is 0 Å². The first-order valence-electron chi connectivity index (χ1n) is 5.54. The van der Waals surface area contributed by atoms with Gasteiger partial charge in [-0.3, -0.25) is 4.79 Å². The fourth-order valence-electron chi connectivity index (χ4n) is 1.63. The maximum Gasteiger partial charge on any atom is 0.409 e. The van der Waals surface area contributed by atoms with Gasteiger partial charge in [0.1, 0.15) is 5.75 Å². The Kier molecular flexibility index (Phi) is 4.42. The van der Waals surface area contributed by atoms with Crippen LogP contribution in [-0.2, 0) is 0 Å². The minimum Gasteiger partial charge on any atom is -0.410 e. The Morgan fingerprint density at radius 1 is 1.10 bits per heavy atom. The number of hydrogen-bond acceptors (Lipinski definition) is 3. The van der Waals surface area contributed by atoms with Crippen molar-refractivity contribution in [3.05, 3.63) is 63.1 Å². The molecule has 0 heterocycles. The van der Waals surface area contributed by atoms with Gasteiger partial charge in [-0.15, -0.1) is 0 Å². The largest absolute Gasteiger partial charge is 0.410 e. The lowest BCUT2D eigenvalue weighted by molar-refractivity contribution is 0.103. The van der Waals surface area contributed by atoms with Crippen LogP contribution in [0.3, 0.4) is 0 Å². The summed E-state index contributed by atoms with van der Waals surface area (Å²) in [4.78, 5) is 23.3. The van der Waals surface area contributed by atoms with Gasteiger partial charge in [0.2, 0.25) is 0 Å². The van der Waals surface area contributed by atoms with Crippen molar-refractivity contribution in [3.63, 3.8) is 0 Å². The smallest absolute Gasteiger partial charge is 0.409 e. The number of ketones is 1. The van der Waals surface area contributed by atoms with Crippen molar-refractivity contribution >= 4 is 39.4 Å². The third kappa shape index (κ3) is 3.37. The number of carbonyl (C=O) groups excluding carboxylic acids is 2. The number of primary amides is 1. The van der Waals surface area contributed by atoms with Crippen molar-refractivity contribution in [2.75, 3.05) is 0 Å². The minimum atomic E-state index is -0.989. The average Bonchev–Trinajstić information content (AvgIpc) is 2.40. The van der Waals surface area contributed by atoms with E-state index < -0.39 is 6.09 Å². The standard InChI is InChI=1S/C14H9BrClNO3/c15-9-3-1-8(2-4-9)13(18)11-7-10(16)5-6-12(11)20-14(17)19/h1-7H,(H2,17,19). The van der Waals surface area contributed by atoms with Crippen LogP contribution in [0, 0.1) is 0 Å². The maximum absolute atomic E-state index is 12.4. The van der Waals surface area contributed by atoms with Crippen molar-refractivity contribution in [3.8, 4) is 5.75 Å². The van der Waals surface area contributed by atoms with Gasteiger partial charge >= 0.3 is 6.09 Å². The predicted molar refractivity (Wildman–Crippen MR) is 79.2 cm³/mol. The molecule has 0 saturated heterocycles. The van der Waals surface area contributed by atoms with Gasteiger partial charge in [-0.25, -0.2) is 4.79 Å². The van der Waals surface area contributed by atoms with E-state index in [1.165, 1.54) is 18.2 Å². The molecule has 2 aromatic carbocycles. The van der Waals surface area contributed by atoms with Crippen molar-refractivity contribution in [1.82, 2.24) is 0 Å². The molecule has 0 fully saturated rings. The highest BCUT2D eigenvalue weighted by atomic mass is 79.9. The van der Waals surface area contributed by atoms with Crippen LogP contribution in [0.15, 0.2) is 46.9 Å². The van der Waals surface area contributed by atoms with Gasteiger partial charge in [0.05, 0.1) is 5.56 Å². The van der Waals surface area contributed by atoms with Gasteiger partial charge in [-0.2, -0.15) is 0 Å². The second kappa shape index (κ2) is 6.07. The Hall–Kier alpha value is -1.85. The van der Waals surface area contributed by atoms with Crippen LogP contribution in [0.5, 0.6) is 5.75 Å². The first-order valence-corrected chi connectivity index (χ1v) is 6.71. The summed E-state index contributed by atoms with van der Waals surface area (Å²) in [6, 6.07) is 11.2. The molecule has 0 unspecified atom stereocenters. The lowest BCUT2D eigenvalue weighted by Gasteiger charge is -2.08. The predicted octanol–water partition coefficient (Wildman–Crippen LogP) is 3.79. The lowest BCUT2D eigenvalue weighted by Crippen LogP contribution is -2.18. The monoisotopic (exact) mass is 353 g/mol. The summed E-state index contributed by atoms with van der Waals surface area (Å²) in [5, 5.41) is 0.363. The Balaban J connectivity index is 2.44. The van der Waals surface area contributed by atoms with Crippen molar-refractivity contribution in [2.45, 2.75) is 0 Å². The van der Waals surface area contributed by atoms with E-state index in [4.69, 9.17) is 22.1 Å². The summed E-state index contributed by atoms with van der Waals surface area (Å²) in [7, 11) is 0. The van der Waals surface area contributed by atoms with Crippen molar-refractivity contribution in [2.24, 2.45) is 5.73 Å². The van der Waals surface area contributed by atoms with Crippen LogP contribution in [0.2, 0.25) is 5.02 Å². The number of hydrogen-bond donors (Lipinski definition) is 1. The molecule has 6 heteroatoms. The fraction of sp³-hybridized carbons (Fsp3) is 0. The highest BCUT2D eigenvalue weighted by Crippen LogP contribution is 2.26. The molecule has 2 aromatic rings. The lowest BCUT2D eigenvalue weighted by atomic mass is 10.0. The summed E-state index contributed by atoms with van der Waals surface area (Å²) >= 11 is 9.17. The van der Waals surface area contributed by atoms with Crippen molar-refractivity contribution in [1.29, 1.82) is 0 Å². The number of amides is 1. The molecule has 0 spiro atoms. The van der Waals surface area contributed by atoms with E-state index >= 15 is 0 Å². The van der Waals surface area contributed by atoms with E-state index in [2.05, 4.69) is 15.9 Å². The molecule has 0 radical (unpaired) electrons. The summed E-state index contributed by atoms with van der Waals surface area (Å²) in [6.07, 6.45) is -0.989. The van der Waals surface area contributed by atoms with E-state index in [-0.39, 0.29) is 17.1 Å². The molecule has 4 nitrogen and oxygen atoms in total. The Morgan fingerprint density at radius 2 is 1.75 bits per heavy atom. The Labute approximate surface area is 128 Å². The molecule has 0 aromatic heterocycles. The number of carbonyl (C=O) groups is 2. The number of halogens is 2. The molecule has 0 bridgehead atoms. The molecule has 1 amide bonds. The minimum absolute atomic E-state index is 0.0785. The number of ether oxygens (including phenoxy) is 1. The molecular weight excluding hydrogens is 346 g/mol. The quantitative estimate of drug-likeness (QED) is 0.853. The maximum atomic E-state index is 12.4. The topological polar surface area (TPSA) is 69.4 Å². The van der Waals surface area contributed by atoms with Gasteiger partial charge in [-0.1, -0.05) is 27.5 Å². The van der Waals surface area contributed by atoms with E-state index in [0.717, 1.165) is 4.47 Å². The van der Waals surface area contributed by atoms with E-state index in [1.54, 1.807) is 24.3 Å². The number of rotatable bonds is 3. The van der Waals surface area contributed by atoms with E-state index in [9.17, 15) is 9.59 Å². The average molecular weight is 355 g/mol. The molecule has 0 atom stereocenters.